The number of benzene rings is 1. The molecule has 21 heavy (non-hydrogen) atoms. The molecule has 0 aliphatic heterocycles. The molecule has 1 fully saturated rings. The fourth-order valence-electron chi connectivity index (χ4n) is 2.89. The van der Waals surface area contributed by atoms with Crippen LogP contribution in [-0.2, 0) is 6.54 Å². The highest BCUT2D eigenvalue weighted by Crippen LogP contribution is 2.26. The van der Waals surface area contributed by atoms with Crippen molar-refractivity contribution in [2.75, 3.05) is 6.54 Å². The first kappa shape index (κ1) is 14.4. The van der Waals surface area contributed by atoms with Gasteiger partial charge >= 0.3 is 6.03 Å². The molecule has 1 heterocycles. The number of hydrogen-bond acceptors (Lipinski definition) is 3. The minimum atomic E-state index is -0.258. The van der Waals surface area contributed by atoms with Crippen molar-refractivity contribution in [3.8, 4) is 0 Å². The Bertz CT molecular complexity index is 626. The lowest BCUT2D eigenvalue weighted by atomic mass is 10.1. The average Bonchev–Trinajstić information content (AvgIpc) is 3.09. The number of carbonyl (C=O) groups excluding carboxylic acids is 1. The number of thiophene rings is 1. The molecule has 2 amide bonds. The molecule has 5 heteroatoms. The van der Waals surface area contributed by atoms with E-state index in [4.69, 9.17) is 0 Å². The smallest absolute Gasteiger partial charge is 0.315 e. The van der Waals surface area contributed by atoms with Gasteiger partial charge in [0.1, 0.15) is 0 Å². The molecule has 1 saturated carbocycles. The predicted molar refractivity (Wildman–Crippen MR) is 85.4 cm³/mol. The summed E-state index contributed by atoms with van der Waals surface area (Å²) in [5.41, 5.74) is 1.15. The van der Waals surface area contributed by atoms with Gasteiger partial charge in [-0.3, -0.25) is 0 Å². The molecule has 0 radical (unpaired) electrons. The van der Waals surface area contributed by atoms with Gasteiger partial charge in [-0.25, -0.2) is 4.79 Å². The van der Waals surface area contributed by atoms with E-state index < -0.39 is 0 Å². The Morgan fingerprint density at radius 1 is 1.29 bits per heavy atom. The second kappa shape index (κ2) is 6.45. The second-order valence-electron chi connectivity index (χ2n) is 5.58. The van der Waals surface area contributed by atoms with E-state index >= 15 is 0 Å². The van der Waals surface area contributed by atoms with Crippen LogP contribution in [0, 0.1) is 5.92 Å². The summed E-state index contributed by atoms with van der Waals surface area (Å²) < 4.78 is 1.24. The van der Waals surface area contributed by atoms with E-state index in [0.717, 1.165) is 24.8 Å². The maximum Gasteiger partial charge on any atom is 0.315 e. The number of nitrogens with one attached hydrogen (secondary N) is 2. The van der Waals surface area contributed by atoms with Gasteiger partial charge in [0.05, 0.1) is 6.10 Å². The minimum Gasteiger partial charge on any atom is -0.393 e. The third kappa shape index (κ3) is 3.36. The molecular formula is C16H20N2O2S. The quantitative estimate of drug-likeness (QED) is 0.813. The summed E-state index contributed by atoms with van der Waals surface area (Å²) in [4.78, 5) is 11.8. The lowest BCUT2D eigenvalue weighted by Gasteiger charge is -2.15. The summed E-state index contributed by atoms with van der Waals surface area (Å²) in [7, 11) is 0. The number of hydrogen-bond donors (Lipinski definition) is 3. The van der Waals surface area contributed by atoms with Gasteiger partial charge in [0.15, 0.2) is 0 Å². The SMILES string of the molecule is O=C(NCc1csc2ccccc12)NC[C@H]1CCC[C@H]1O. The largest absolute Gasteiger partial charge is 0.393 e. The third-order valence-corrected chi connectivity index (χ3v) is 5.16. The molecule has 4 nitrogen and oxygen atoms in total. The number of amides is 2. The Hall–Kier alpha value is -1.59. The van der Waals surface area contributed by atoms with Gasteiger partial charge in [-0.2, -0.15) is 0 Å². The summed E-state index contributed by atoms with van der Waals surface area (Å²) >= 11 is 1.69. The minimum absolute atomic E-state index is 0.163. The first-order valence-corrected chi connectivity index (χ1v) is 8.27. The summed E-state index contributed by atoms with van der Waals surface area (Å²) in [6, 6.07) is 8.04. The normalized spacial score (nSPS) is 21.6. The van der Waals surface area contributed by atoms with Crippen LogP contribution in [0.15, 0.2) is 29.6 Å². The topological polar surface area (TPSA) is 61.4 Å². The zero-order chi connectivity index (χ0) is 14.7. The molecule has 2 aromatic rings. The molecule has 0 saturated heterocycles. The summed E-state index contributed by atoms with van der Waals surface area (Å²) in [5.74, 6) is 0.206. The highest BCUT2D eigenvalue weighted by Gasteiger charge is 2.25. The number of rotatable bonds is 4. The van der Waals surface area contributed by atoms with Crippen molar-refractivity contribution >= 4 is 27.5 Å². The monoisotopic (exact) mass is 304 g/mol. The van der Waals surface area contributed by atoms with Crippen molar-refractivity contribution in [2.45, 2.75) is 31.9 Å². The Labute approximate surface area is 128 Å². The molecule has 3 rings (SSSR count). The van der Waals surface area contributed by atoms with Crippen molar-refractivity contribution < 1.29 is 9.90 Å². The van der Waals surface area contributed by atoms with Crippen LogP contribution in [0.2, 0.25) is 0 Å². The molecule has 0 spiro atoms. The van der Waals surface area contributed by atoms with Crippen LogP contribution in [-0.4, -0.2) is 23.8 Å². The van der Waals surface area contributed by atoms with Gasteiger partial charge in [-0.1, -0.05) is 24.6 Å². The number of carbonyl (C=O) groups is 1. The molecule has 1 aromatic heterocycles. The molecule has 1 aromatic carbocycles. The van der Waals surface area contributed by atoms with Gasteiger partial charge in [0, 0.05) is 23.7 Å². The summed E-state index contributed by atoms with van der Waals surface area (Å²) in [6.45, 7) is 1.08. The molecule has 1 aliphatic rings. The number of aliphatic hydroxyl groups is 1. The van der Waals surface area contributed by atoms with Crippen molar-refractivity contribution in [1.29, 1.82) is 0 Å². The zero-order valence-electron chi connectivity index (χ0n) is 11.8. The van der Waals surface area contributed by atoms with E-state index in [0.29, 0.717) is 13.1 Å². The van der Waals surface area contributed by atoms with Crippen LogP contribution in [0.1, 0.15) is 24.8 Å². The van der Waals surface area contributed by atoms with Crippen LogP contribution in [0.25, 0.3) is 10.1 Å². The molecule has 3 N–H and O–H groups in total. The number of fused-ring (bicyclic) bond motifs is 1. The molecule has 1 aliphatic carbocycles. The lowest BCUT2D eigenvalue weighted by molar-refractivity contribution is 0.132. The van der Waals surface area contributed by atoms with Crippen LogP contribution in [0.4, 0.5) is 4.79 Å². The van der Waals surface area contributed by atoms with Gasteiger partial charge in [-0.15, -0.1) is 11.3 Å². The highest BCUT2D eigenvalue weighted by atomic mass is 32.1. The highest BCUT2D eigenvalue weighted by molar-refractivity contribution is 7.17. The predicted octanol–water partition coefficient (Wildman–Crippen LogP) is 2.86. The maximum absolute atomic E-state index is 11.8. The Kier molecular flexibility index (Phi) is 4.41. The van der Waals surface area contributed by atoms with Gasteiger partial charge in [-0.05, 0) is 35.2 Å². The van der Waals surface area contributed by atoms with E-state index in [1.165, 1.54) is 10.1 Å². The van der Waals surface area contributed by atoms with Gasteiger partial charge in [0.2, 0.25) is 0 Å². The maximum atomic E-state index is 11.8. The standard InChI is InChI=1S/C16H20N2O2S/c19-14-6-3-4-11(14)8-17-16(20)18-9-12-10-21-15-7-2-1-5-13(12)15/h1-2,5,7,10-11,14,19H,3-4,6,8-9H2,(H2,17,18,20)/t11-,14-/m1/s1. The Morgan fingerprint density at radius 3 is 2.95 bits per heavy atom. The number of urea groups is 1. The van der Waals surface area contributed by atoms with Crippen molar-refractivity contribution in [1.82, 2.24) is 10.6 Å². The van der Waals surface area contributed by atoms with E-state index in [2.05, 4.69) is 28.1 Å². The fraction of sp³-hybridized carbons (Fsp3) is 0.438. The average molecular weight is 304 g/mol. The Balaban J connectivity index is 1.49. The molecular weight excluding hydrogens is 284 g/mol. The van der Waals surface area contributed by atoms with E-state index in [9.17, 15) is 9.90 Å². The van der Waals surface area contributed by atoms with Crippen LogP contribution < -0.4 is 10.6 Å². The Morgan fingerprint density at radius 2 is 2.14 bits per heavy atom. The van der Waals surface area contributed by atoms with Crippen molar-refractivity contribution in [2.24, 2.45) is 5.92 Å². The third-order valence-electron chi connectivity index (χ3n) is 4.14. The van der Waals surface area contributed by atoms with E-state index in [-0.39, 0.29) is 18.1 Å². The molecule has 2 atom stereocenters. The summed E-state index contributed by atoms with van der Waals surface area (Å²) in [5, 5.41) is 18.8. The second-order valence-corrected chi connectivity index (χ2v) is 6.49. The van der Waals surface area contributed by atoms with Crippen molar-refractivity contribution in [3.63, 3.8) is 0 Å². The lowest BCUT2D eigenvalue weighted by Crippen LogP contribution is -2.39. The van der Waals surface area contributed by atoms with Crippen LogP contribution in [0.3, 0.4) is 0 Å². The van der Waals surface area contributed by atoms with Gasteiger partial charge < -0.3 is 15.7 Å². The molecule has 112 valence electrons. The van der Waals surface area contributed by atoms with E-state index in [1.54, 1.807) is 11.3 Å². The first-order valence-electron chi connectivity index (χ1n) is 7.39. The molecule has 0 bridgehead atoms. The summed E-state index contributed by atoms with van der Waals surface area (Å²) in [6.07, 6.45) is 2.65. The zero-order valence-corrected chi connectivity index (χ0v) is 12.7. The van der Waals surface area contributed by atoms with Crippen LogP contribution >= 0.6 is 11.3 Å². The van der Waals surface area contributed by atoms with Crippen LogP contribution in [0.5, 0.6) is 0 Å². The van der Waals surface area contributed by atoms with Crippen molar-refractivity contribution in [3.05, 3.63) is 35.2 Å². The first-order chi connectivity index (χ1) is 10.2. The molecule has 0 unspecified atom stereocenters. The van der Waals surface area contributed by atoms with E-state index in [1.807, 2.05) is 12.1 Å². The number of aliphatic hydroxyl groups excluding tert-OH is 1. The fourth-order valence-corrected chi connectivity index (χ4v) is 3.85. The van der Waals surface area contributed by atoms with Gasteiger partial charge in [0.25, 0.3) is 0 Å².